The molecule has 1 saturated heterocycles. The molecule has 0 amide bonds. The van der Waals surface area contributed by atoms with Crippen molar-refractivity contribution >= 4 is 33.5 Å². The fourth-order valence-corrected chi connectivity index (χ4v) is 4.10. The number of aromatic nitrogens is 2. The van der Waals surface area contributed by atoms with Gasteiger partial charge in [-0.2, -0.15) is 0 Å². The van der Waals surface area contributed by atoms with Crippen molar-refractivity contribution in [3.8, 4) is 11.5 Å². The van der Waals surface area contributed by atoms with Crippen molar-refractivity contribution in [1.82, 2.24) is 14.9 Å². The van der Waals surface area contributed by atoms with E-state index in [-0.39, 0.29) is 6.61 Å². The van der Waals surface area contributed by atoms with Gasteiger partial charge in [0.1, 0.15) is 18.3 Å². The second-order valence-electron chi connectivity index (χ2n) is 7.99. The van der Waals surface area contributed by atoms with Crippen LogP contribution in [0.1, 0.15) is 12.8 Å². The molecule has 8 nitrogen and oxygen atoms in total. The minimum atomic E-state index is -0.563. The molecule has 166 valence electrons. The van der Waals surface area contributed by atoms with Crippen molar-refractivity contribution in [1.29, 1.82) is 0 Å². The van der Waals surface area contributed by atoms with Crippen LogP contribution in [-0.4, -0.2) is 59.4 Å². The normalized spacial score (nSPS) is 15.3. The number of ether oxygens (including phenoxy) is 2. The summed E-state index contributed by atoms with van der Waals surface area (Å²) in [6, 6.07) is 11.4. The number of likely N-dealkylation sites (tertiary alicyclic amines) is 1. The smallest absolute Gasteiger partial charge is 0.227 e. The van der Waals surface area contributed by atoms with Crippen LogP contribution < -0.4 is 14.8 Å². The topological polar surface area (TPSA) is 92.9 Å². The van der Waals surface area contributed by atoms with Gasteiger partial charge in [-0.25, -0.2) is 9.97 Å². The van der Waals surface area contributed by atoms with Crippen molar-refractivity contribution in [3.05, 3.63) is 48.9 Å². The predicted molar refractivity (Wildman–Crippen MR) is 123 cm³/mol. The summed E-state index contributed by atoms with van der Waals surface area (Å²) in [5.74, 6) is 1.59. The van der Waals surface area contributed by atoms with E-state index in [2.05, 4.69) is 20.2 Å². The lowest BCUT2D eigenvalue weighted by molar-refractivity contribution is 0.0747. The summed E-state index contributed by atoms with van der Waals surface area (Å²) in [6.45, 7) is 2.88. The number of hydrogen-bond donors (Lipinski definition) is 2. The Balaban J connectivity index is 1.35. The van der Waals surface area contributed by atoms with E-state index in [4.69, 9.17) is 13.9 Å². The van der Waals surface area contributed by atoms with Gasteiger partial charge in [-0.15, -0.1) is 0 Å². The number of methoxy groups -OCH3 is 1. The Hall–Kier alpha value is -3.36. The fourth-order valence-electron chi connectivity index (χ4n) is 4.10. The number of nitrogens with zero attached hydrogens (tertiary/aromatic N) is 3. The van der Waals surface area contributed by atoms with Gasteiger partial charge in [0.05, 0.1) is 24.6 Å². The van der Waals surface area contributed by atoms with Gasteiger partial charge < -0.3 is 29.2 Å². The van der Waals surface area contributed by atoms with Crippen LogP contribution in [0, 0.1) is 0 Å². The third-order valence-corrected chi connectivity index (χ3v) is 5.71. The van der Waals surface area contributed by atoms with Crippen LogP contribution in [0.5, 0.6) is 11.5 Å². The maximum atomic E-state index is 10.4. The second kappa shape index (κ2) is 9.02. The van der Waals surface area contributed by atoms with Crippen LogP contribution in [0.3, 0.4) is 0 Å². The molecule has 1 fully saturated rings. The molecule has 0 spiro atoms. The fraction of sp³-hybridized carbons (Fsp3) is 0.333. The van der Waals surface area contributed by atoms with Gasteiger partial charge >= 0.3 is 0 Å². The molecule has 1 aliphatic heterocycles. The Bertz CT molecular complexity index is 1220. The molecular formula is C24H26N4O4. The summed E-state index contributed by atoms with van der Waals surface area (Å²) >= 11 is 0. The lowest BCUT2D eigenvalue weighted by Gasteiger charge is -2.20. The number of fused-ring (bicyclic) bond motifs is 2. The Labute approximate surface area is 185 Å². The van der Waals surface area contributed by atoms with E-state index in [1.165, 1.54) is 12.8 Å². The van der Waals surface area contributed by atoms with Crippen LogP contribution in [0.4, 0.5) is 11.6 Å². The highest BCUT2D eigenvalue weighted by atomic mass is 16.5. The number of furan rings is 1. The van der Waals surface area contributed by atoms with Crippen LogP contribution in [0.25, 0.3) is 21.9 Å². The minimum Gasteiger partial charge on any atom is -0.493 e. The maximum Gasteiger partial charge on any atom is 0.227 e. The molecule has 3 heterocycles. The van der Waals surface area contributed by atoms with Crippen LogP contribution in [-0.2, 0) is 0 Å². The molecule has 0 bridgehead atoms. The van der Waals surface area contributed by atoms with E-state index in [0.29, 0.717) is 29.5 Å². The average Bonchev–Trinajstić information content (AvgIpc) is 3.49. The summed E-state index contributed by atoms with van der Waals surface area (Å²) in [5, 5.41) is 15.4. The highest BCUT2D eigenvalue weighted by Gasteiger charge is 2.17. The van der Waals surface area contributed by atoms with Crippen molar-refractivity contribution in [2.24, 2.45) is 0 Å². The number of rotatable bonds is 8. The molecule has 2 N–H and O–H groups in total. The molecule has 32 heavy (non-hydrogen) atoms. The zero-order valence-electron chi connectivity index (χ0n) is 18.0. The van der Waals surface area contributed by atoms with Gasteiger partial charge in [0, 0.05) is 29.6 Å². The van der Waals surface area contributed by atoms with Gasteiger partial charge in [-0.1, -0.05) is 6.07 Å². The lowest BCUT2D eigenvalue weighted by atomic mass is 10.2. The Morgan fingerprint density at radius 3 is 2.91 bits per heavy atom. The van der Waals surface area contributed by atoms with Crippen molar-refractivity contribution < 1.29 is 19.0 Å². The van der Waals surface area contributed by atoms with E-state index < -0.39 is 6.10 Å². The molecule has 5 rings (SSSR count). The highest BCUT2D eigenvalue weighted by Crippen LogP contribution is 2.33. The Morgan fingerprint density at radius 2 is 2.06 bits per heavy atom. The summed E-state index contributed by atoms with van der Waals surface area (Å²) in [7, 11) is 1.59. The predicted octanol–water partition coefficient (Wildman–Crippen LogP) is 3.96. The third-order valence-electron chi connectivity index (χ3n) is 5.71. The first-order valence-electron chi connectivity index (χ1n) is 10.8. The lowest BCUT2D eigenvalue weighted by Crippen LogP contribution is -2.33. The summed E-state index contributed by atoms with van der Waals surface area (Å²) in [6.07, 6.45) is 5.22. The van der Waals surface area contributed by atoms with E-state index >= 15 is 0 Å². The highest BCUT2D eigenvalue weighted by molar-refractivity contribution is 5.92. The molecule has 0 aliphatic carbocycles. The van der Waals surface area contributed by atoms with Crippen molar-refractivity contribution in [2.75, 3.05) is 38.7 Å². The van der Waals surface area contributed by atoms with Gasteiger partial charge in [0.25, 0.3) is 0 Å². The third kappa shape index (κ3) is 4.32. The Kier molecular flexibility index (Phi) is 5.79. The molecule has 1 aliphatic rings. The van der Waals surface area contributed by atoms with Crippen LogP contribution >= 0.6 is 0 Å². The first-order valence-corrected chi connectivity index (χ1v) is 10.8. The first kappa shape index (κ1) is 20.5. The molecule has 0 saturated carbocycles. The van der Waals surface area contributed by atoms with Crippen molar-refractivity contribution in [2.45, 2.75) is 18.9 Å². The quantitative estimate of drug-likeness (QED) is 0.430. The molecule has 4 aromatic rings. The van der Waals surface area contributed by atoms with Crippen LogP contribution in [0.2, 0.25) is 0 Å². The molecule has 2 aromatic heterocycles. The van der Waals surface area contributed by atoms with E-state index in [1.54, 1.807) is 19.6 Å². The number of nitrogens with one attached hydrogen (secondary N) is 1. The van der Waals surface area contributed by atoms with E-state index in [9.17, 15) is 5.11 Å². The average molecular weight is 434 g/mol. The number of hydrogen-bond acceptors (Lipinski definition) is 8. The zero-order chi connectivity index (χ0) is 21.9. The van der Waals surface area contributed by atoms with Crippen LogP contribution in [0.15, 0.2) is 53.3 Å². The number of β-amino-alcohol motifs (C(OH)–C–C–N with tert-alkyl or cyclic N) is 1. The van der Waals surface area contributed by atoms with E-state index in [0.717, 1.165) is 35.1 Å². The molecule has 1 atom stereocenters. The Morgan fingerprint density at radius 1 is 1.19 bits per heavy atom. The minimum absolute atomic E-state index is 0.192. The number of anilines is 2. The van der Waals surface area contributed by atoms with Gasteiger partial charge in [0.2, 0.25) is 5.95 Å². The molecule has 0 radical (unpaired) electrons. The molecule has 2 aromatic carbocycles. The van der Waals surface area contributed by atoms with E-state index in [1.807, 2.05) is 36.4 Å². The van der Waals surface area contributed by atoms with Gasteiger partial charge in [-0.3, -0.25) is 0 Å². The molecular weight excluding hydrogens is 408 g/mol. The maximum absolute atomic E-state index is 10.4. The first-order chi connectivity index (χ1) is 15.7. The second-order valence-corrected chi connectivity index (χ2v) is 7.99. The number of aliphatic hydroxyl groups is 1. The number of benzene rings is 2. The van der Waals surface area contributed by atoms with Crippen molar-refractivity contribution in [3.63, 3.8) is 0 Å². The SMILES string of the molecule is COc1cc2cnc(Nc3cccc4occc34)nc2cc1OCC(O)CN1CCCC1. The zero-order valence-corrected chi connectivity index (χ0v) is 18.0. The molecule has 8 heteroatoms. The molecule has 1 unspecified atom stereocenters. The summed E-state index contributed by atoms with van der Waals surface area (Å²) < 4.78 is 16.9. The van der Waals surface area contributed by atoms with Gasteiger partial charge in [0.15, 0.2) is 11.5 Å². The summed E-state index contributed by atoms with van der Waals surface area (Å²) in [4.78, 5) is 11.3. The number of aliphatic hydroxyl groups excluding tert-OH is 1. The largest absolute Gasteiger partial charge is 0.493 e. The monoisotopic (exact) mass is 434 g/mol. The van der Waals surface area contributed by atoms with Gasteiger partial charge in [-0.05, 0) is 50.2 Å². The summed E-state index contributed by atoms with van der Waals surface area (Å²) in [5.41, 5.74) is 2.38. The standard InChI is InChI=1S/C24H26N4O4/c1-30-22-11-16-13-25-24(26-19-5-4-6-21-18(19)7-10-31-21)27-20(16)12-23(22)32-15-17(29)14-28-8-2-3-9-28/h4-7,10-13,17,29H,2-3,8-9,14-15H2,1H3,(H,25,26,27).